The third kappa shape index (κ3) is 5.50. The Hall–Kier alpha value is -4.29. The van der Waals surface area contributed by atoms with Gasteiger partial charge in [0, 0.05) is 30.7 Å². The lowest BCUT2D eigenvalue weighted by Crippen LogP contribution is -2.26. The predicted octanol–water partition coefficient (Wildman–Crippen LogP) is 3.30. The molecule has 1 heterocycles. The van der Waals surface area contributed by atoms with Gasteiger partial charge in [-0.3, -0.25) is 4.79 Å². The molecule has 0 saturated heterocycles. The smallest absolute Gasteiger partial charge is 0.249 e. The average molecular weight is 541 g/mol. The SMILES string of the molecule is COc1ccc(CNS(=O)(=O)c2cc(C(C(N)=O)c3ccccc3F)ccc2-c2nnc(C)o2)c(OC)c1. The van der Waals surface area contributed by atoms with Gasteiger partial charge in [-0.25, -0.2) is 17.5 Å². The van der Waals surface area contributed by atoms with Crippen molar-refractivity contribution in [1.29, 1.82) is 0 Å². The van der Waals surface area contributed by atoms with E-state index in [1.54, 1.807) is 31.2 Å². The molecular weight excluding hydrogens is 515 g/mol. The number of hydrogen-bond acceptors (Lipinski definition) is 8. The molecule has 1 unspecified atom stereocenters. The van der Waals surface area contributed by atoms with Crippen LogP contribution in [0.2, 0.25) is 0 Å². The van der Waals surface area contributed by atoms with Gasteiger partial charge in [-0.2, -0.15) is 0 Å². The number of amides is 1. The second-order valence-corrected chi connectivity index (χ2v) is 9.98. The third-order valence-corrected chi connectivity index (χ3v) is 7.27. The Morgan fingerprint density at radius 2 is 1.84 bits per heavy atom. The van der Waals surface area contributed by atoms with E-state index in [0.29, 0.717) is 17.1 Å². The second kappa shape index (κ2) is 11.0. The molecule has 3 aromatic carbocycles. The fourth-order valence-corrected chi connectivity index (χ4v) is 5.21. The number of sulfonamides is 1. The summed E-state index contributed by atoms with van der Waals surface area (Å²) in [5, 5.41) is 7.72. The molecule has 4 aromatic rings. The topological polar surface area (TPSA) is 147 Å². The molecule has 198 valence electrons. The summed E-state index contributed by atoms with van der Waals surface area (Å²) in [6.45, 7) is 1.43. The molecule has 0 radical (unpaired) electrons. The Morgan fingerprint density at radius 3 is 2.47 bits per heavy atom. The van der Waals surface area contributed by atoms with Crippen molar-refractivity contribution in [1.82, 2.24) is 14.9 Å². The van der Waals surface area contributed by atoms with Crippen LogP contribution in [0.1, 0.15) is 28.5 Å². The monoisotopic (exact) mass is 540 g/mol. The minimum absolute atomic E-state index is 0.0145. The van der Waals surface area contributed by atoms with Crippen molar-refractivity contribution in [3.05, 3.63) is 89.1 Å². The molecule has 1 aromatic heterocycles. The number of hydrogen-bond donors (Lipinski definition) is 2. The first-order chi connectivity index (χ1) is 18.1. The molecule has 0 spiro atoms. The molecular formula is C26H25FN4O6S. The number of benzene rings is 3. The fourth-order valence-electron chi connectivity index (χ4n) is 3.98. The van der Waals surface area contributed by atoms with E-state index < -0.39 is 27.7 Å². The standard InChI is InChI=1S/C26H25FN4O6S/c1-15-30-31-26(37-15)20-11-9-16(24(25(28)32)19-6-4-5-7-21(19)27)12-23(20)38(33,34)29-14-17-8-10-18(35-2)13-22(17)36-3/h4-13,24,29H,14H2,1-3H3,(H2,28,32). The average Bonchev–Trinajstić information content (AvgIpc) is 3.34. The Morgan fingerprint density at radius 1 is 1.08 bits per heavy atom. The predicted molar refractivity (Wildman–Crippen MR) is 135 cm³/mol. The van der Waals surface area contributed by atoms with Crippen molar-refractivity contribution < 1.29 is 31.5 Å². The number of carbonyl (C=O) groups excluding carboxylic acids is 1. The van der Waals surface area contributed by atoms with Crippen molar-refractivity contribution in [2.24, 2.45) is 5.73 Å². The van der Waals surface area contributed by atoms with E-state index in [2.05, 4.69) is 14.9 Å². The van der Waals surface area contributed by atoms with E-state index in [9.17, 15) is 17.6 Å². The molecule has 1 amide bonds. The van der Waals surface area contributed by atoms with Gasteiger partial charge in [-0.15, -0.1) is 10.2 Å². The number of aromatic nitrogens is 2. The first-order valence-electron chi connectivity index (χ1n) is 11.3. The normalized spacial score (nSPS) is 12.2. The van der Waals surface area contributed by atoms with Crippen LogP contribution in [0.25, 0.3) is 11.5 Å². The highest BCUT2D eigenvalue weighted by Gasteiger charge is 2.29. The summed E-state index contributed by atoms with van der Waals surface area (Å²) in [4.78, 5) is 12.2. The summed E-state index contributed by atoms with van der Waals surface area (Å²) in [6.07, 6.45) is 0. The molecule has 0 bridgehead atoms. The van der Waals surface area contributed by atoms with E-state index in [-0.39, 0.29) is 39.9 Å². The Balaban J connectivity index is 1.80. The first kappa shape index (κ1) is 26.8. The van der Waals surface area contributed by atoms with Gasteiger partial charge in [0.1, 0.15) is 17.3 Å². The molecule has 0 aliphatic heterocycles. The van der Waals surface area contributed by atoms with Crippen LogP contribution in [-0.4, -0.2) is 38.7 Å². The summed E-state index contributed by atoms with van der Waals surface area (Å²) in [5.74, 6) is -1.60. The lowest BCUT2D eigenvalue weighted by Gasteiger charge is -2.18. The van der Waals surface area contributed by atoms with Gasteiger partial charge in [-0.1, -0.05) is 30.3 Å². The Kier molecular flexibility index (Phi) is 7.74. The Bertz CT molecular complexity index is 1590. The van der Waals surface area contributed by atoms with Gasteiger partial charge in [-0.05, 0) is 29.8 Å². The molecule has 0 aliphatic rings. The number of aryl methyl sites for hydroxylation is 1. The molecule has 3 N–H and O–H groups in total. The van der Waals surface area contributed by atoms with Crippen LogP contribution in [0.15, 0.2) is 70.0 Å². The van der Waals surface area contributed by atoms with Crippen LogP contribution < -0.4 is 19.9 Å². The number of carbonyl (C=O) groups is 1. The van der Waals surface area contributed by atoms with Crippen LogP contribution in [0.5, 0.6) is 11.5 Å². The van der Waals surface area contributed by atoms with Crippen molar-refractivity contribution >= 4 is 15.9 Å². The van der Waals surface area contributed by atoms with Gasteiger partial charge in [0.25, 0.3) is 0 Å². The number of ether oxygens (including phenoxy) is 2. The molecule has 38 heavy (non-hydrogen) atoms. The van der Waals surface area contributed by atoms with Crippen molar-refractivity contribution in [2.75, 3.05) is 14.2 Å². The maximum atomic E-state index is 14.6. The molecule has 0 fully saturated rings. The lowest BCUT2D eigenvalue weighted by atomic mass is 9.89. The second-order valence-electron chi connectivity index (χ2n) is 8.24. The molecule has 0 aliphatic carbocycles. The molecule has 10 nitrogen and oxygen atoms in total. The highest BCUT2D eigenvalue weighted by atomic mass is 32.2. The summed E-state index contributed by atoms with van der Waals surface area (Å²) < 4.78 is 60.4. The van der Waals surface area contributed by atoms with Crippen molar-refractivity contribution in [3.63, 3.8) is 0 Å². The van der Waals surface area contributed by atoms with Crippen LogP contribution in [0.4, 0.5) is 4.39 Å². The Labute approximate surface area is 218 Å². The summed E-state index contributed by atoms with van der Waals surface area (Å²) in [6, 6.07) is 14.8. The maximum absolute atomic E-state index is 14.6. The van der Waals surface area contributed by atoms with Crippen molar-refractivity contribution in [3.8, 4) is 23.0 Å². The largest absolute Gasteiger partial charge is 0.497 e. The minimum atomic E-state index is -4.25. The van der Waals surface area contributed by atoms with E-state index in [1.165, 1.54) is 50.6 Å². The molecule has 1 atom stereocenters. The summed E-state index contributed by atoms with van der Waals surface area (Å²) >= 11 is 0. The van der Waals surface area contributed by atoms with Crippen LogP contribution >= 0.6 is 0 Å². The quantitative estimate of drug-likeness (QED) is 0.312. The molecule has 0 saturated carbocycles. The van der Waals surface area contributed by atoms with E-state index in [1.807, 2.05) is 0 Å². The number of nitrogens with zero attached hydrogens (tertiary/aromatic N) is 2. The maximum Gasteiger partial charge on any atom is 0.249 e. The van der Waals surface area contributed by atoms with Crippen LogP contribution in [0, 0.1) is 12.7 Å². The van der Waals surface area contributed by atoms with E-state index >= 15 is 0 Å². The van der Waals surface area contributed by atoms with E-state index in [0.717, 1.165) is 0 Å². The zero-order valence-electron chi connectivity index (χ0n) is 20.8. The van der Waals surface area contributed by atoms with Crippen LogP contribution in [-0.2, 0) is 21.4 Å². The molecule has 12 heteroatoms. The summed E-state index contributed by atoms with van der Waals surface area (Å²) in [5.41, 5.74) is 6.47. The van der Waals surface area contributed by atoms with Gasteiger partial charge in [0.05, 0.1) is 30.6 Å². The van der Waals surface area contributed by atoms with E-state index in [4.69, 9.17) is 19.6 Å². The number of primary amides is 1. The first-order valence-corrected chi connectivity index (χ1v) is 12.8. The number of nitrogens with two attached hydrogens (primary N) is 1. The zero-order chi connectivity index (χ0) is 27.4. The minimum Gasteiger partial charge on any atom is -0.497 e. The number of nitrogens with one attached hydrogen (secondary N) is 1. The fraction of sp³-hybridized carbons (Fsp3) is 0.192. The lowest BCUT2D eigenvalue weighted by molar-refractivity contribution is -0.118. The highest BCUT2D eigenvalue weighted by Crippen LogP contribution is 2.34. The highest BCUT2D eigenvalue weighted by molar-refractivity contribution is 7.89. The third-order valence-electron chi connectivity index (χ3n) is 5.83. The van der Waals surface area contributed by atoms with Gasteiger partial charge in [0.2, 0.25) is 27.7 Å². The summed E-state index contributed by atoms with van der Waals surface area (Å²) in [7, 11) is -1.29. The van der Waals surface area contributed by atoms with Gasteiger partial charge >= 0.3 is 0 Å². The zero-order valence-corrected chi connectivity index (χ0v) is 21.6. The number of methoxy groups -OCH3 is 2. The van der Waals surface area contributed by atoms with Crippen LogP contribution in [0.3, 0.4) is 0 Å². The van der Waals surface area contributed by atoms with Crippen molar-refractivity contribution in [2.45, 2.75) is 24.3 Å². The van der Waals surface area contributed by atoms with Gasteiger partial charge < -0.3 is 19.6 Å². The van der Waals surface area contributed by atoms with Gasteiger partial charge in [0.15, 0.2) is 0 Å². The number of halogens is 1. The number of rotatable bonds is 10. The molecule has 4 rings (SSSR count).